The first-order valence-electron chi connectivity index (χ1n) is 7.19. The molecule has 2 aromatic rings. The van der Waals surface area contributed by atoms with Crippen molar-refractivity contribution in [2.75, 3.05) is 10.6 Å². The Kier molecular flexibility index (Phi) is 5.59. The van der Waals surface area contributed by atoms with E-state index in [-0.39, 0.29) is 11.4 Å². The van der Waals surface area contributed by atoms with Crippen LogP contribution in [0.3, 0.4) is 0 Å². The summed E-state index contributed by atoms with van der Waals surface area (Å²) in [6.07, 6.45) is 1.22. The zero-order valence-corrected chi connectivity index (χ0v) is 14.4. The summed E-state index contributed by atoms with van der Waals surface area (Å²) < 4.78 is 0. The molecule has 0 fully saturated rings. The predicted octanol–water partition coefficient (Wildman–Crippen LogP) is 3.18. The van der Waals surface area contributed by atoms with Crippen LogP contribution in [0.4, 0.5) is 10.8 Å². The van der Waals surface area contributed by atoms with Crippen molar-refractivity contribution in [1.29, 1.82) is 0 Å². The number of aromatic nitrogens is 1. The lowest BCUT2D eigenvalue weighted by atomic mass is 10.1. The van der Waals surface area contributed by atoms with Gasteiger partial charge in [0, 0.05) is 28.3 Å². The van der Waals surface area contributed by atoms with Crippen molar-refractivity contribution in [3.8, 4) is 0 Å². The normalized spacial score (nSPS) is 11.0. The zero-order valence-electron chi connectivity index (χ0n) is 13.5. The summed E-state index contributed by atoms with van der Waals surface area (Å²) in [5.74, 6) is -0.849. The zero-order chi connectivity index (χ0) is 17.7. The van der Waals surface area contributed by atoms with Crippen LogP contribution in [0, 0.1) is 6.92 Å². The van der Waals surface area contributed by atoms with Crippen molar-refractivity contribution in [3.05, 3.63) is 52.6 Å². The molecule has 0 aliphatic heterocycles. The van der Waals surface area contributed by atoms with Gasteiger partial charge in [-0.25, -0.2) is 4.98 Å². The summed E-state index contributed by atoms with van der Waals surface area (Å²) >= 11 is 1.32. The van der Waals surface area contributed by atoms with Crippen molar-refractivity contribution >= 4 is 39.8 Å². The number of hydrogen-bond donors (Lipinski definition) is 2. The van der Waals surface area contributed by atoms with Crippen LogP contribution >= 0.6 is 11.3 Å². The number of anilines is 2. The number of rotatable bonds is 5. The molecule has 0 spiro atoms. The Balaban J connectivity index is 1.97. The van der Waals surface area contributed by atoms with E-state index in [1.165, 1.54) is 24.3 Å². The second-order valence-corrected chi connectivity index (χ2v) is 6.06. The molecule has 24 heavy (non-hydrogen) atoms. The van der Waals surface area contributed by atoms with E-state index in [0.29, 0.717) is 16.4 Å². The van der Waals surface area contributed by atoms with Gasteiger partial charge in [-0.15, -0.1) is 11.3 Å². The van der Waals surface area contributed by atoms with Crippen LogP contribution in [0.25, 0.3) is 0 Å². The highest BCUT2D eigenvalue weighted by Crippen LogP contribution is 2.15. The van der Waals surface area contributed by atoms with Crippen molar-refractivity contribution in [2.24, 2.45) is 0 Å². The van der Waals surface area contributed by atoms with Gasteiger partial charge in [0.2, 0.25) is 0 Å². The number of carbonyl (C=O) groups is 3. The van der Waals surface area contributed by atoms with E-state index in [9.17, 15) is 14.4 Å². The van der Waals surface area contributed by atoms with E-state index in [0.717, 1.165) is 5.69 Å². The van der Waals surface area contributed by atoms with Crippen LogP contribution < -0.4 is 10.6 Å². The second kappa shape index (κ2) is 7.65. The SMILES string of the molecule is CC(=O)c1ccc(NC(=O)/C(C)=C\C(=O)Nc2nc(C)cs2)cc1. The minimum Gasteiger partial charge on any atom is -0.322 e. The molecule has 0 saturated heterocycles. The Bertz CT molecular complexity index is 807. The lowest BCUT2D eigenvalue weighted by Crippen LogP contribution is -2.16. The first kappa shape index (κ1) is 17.6. The molecule has 124 valence electrons. The molecule has 7 heteroatoms. The largest absolute Gasteiger partial charge is 0.322 e. The maximum Gasteiger partial charge on any atom is 0.251 e. The molecular weight excluding hydrogens is 326 g/mol. The van der Waals surface area contributed by atoms with Crippen LogP contribution in [0.1, 0.15) is 29.9 Å². The molecule has 0 saturated carbocycles. The van der Waals surface area contributed by atoms with Crippen LogP contribution in [0.2, 0.25) is 0 Å². The highest BCUT2D eigenvalue weighted by atomic mass is 32.1. The Morgan fingerprint density at radius 1 is 1.08 bits per heavy atom. The fourth-order valence-corrected chi connectivity index (χ4v) is 2.52. The number of nitrogens with one attached hydrogen (secondary N) is 2. The van der Waals surface area contributed by atoms with Crippen molar-refractivity contribution in [1.82, 2.24) is 4.98 Å². The summed E-state index contributed by atoms with van der Waals surface area (Å²) in [5, 5.41) is 7.59. The van der Waals surface area contributed by atoms with Gasteiger partial charge >= 0.3 is 0 Å². The van der Waals surface area contributed by atoms with E-state index in [4.69, 9.17) is 0 Å². The number of amides is 2. The Labute approximate surface area is 143 Å². The average molecular weight is 343 g/mol. The molecule has 0 unspecified atom stereocenters. The molecule has 1 aromatic heterocycles. The number of hydrogen-bond acceptors (Lipinski definition) is 5. The van der Waals surface area contributed by atoms with Crippen molar-refractivity contribution < 1.29 is 14.4 Å². The summed E-state index contributed by atoms with van der Waals surface area (Å²) in [4.78, 5) is 39.3. The maximum atomic E-state index is 12.1. The maximum absolute atomic E-state index is 12.1. The average Bonchev–Trinajstić information content (AvgIpc) is 2.92. The first-order chi connectivity index (χ1) is 11.3. The standard InChI is InChI=1S/C17H17N3O3S/c1-10(8-15(22)20-17-18-11(2)9-24-17)16(23)19-14-6-4-13(5-7-14)12(3)21/h4-9H,1-3H3,(H,19,23)(H,18,20,22)/b10-8-. The van der Waals surface area contributed by atoms with E-state index in [2.05, 4.69) is 15.6 Å². The van der Waals surface area contributed by atoms with Crippen LogP contribution in [-0.2, 0) is 9.59 Å². The minimum atomic E-state index is -0.413. The van der Waals surface area contributed by atoms with Crippen molar-refractivity contribution in [3.63, 3.8) is 0 Å². The third-order valence-electron chi connectivity index (χ3n) is 3.10. The fourth-order valence-electron chi connectivity index (χ4n) is 1.83. The molecule has 1 aromatic carbocycles. The van der Waals surface area contributed by atoms with Gasteiger partial charge in [0.25, 0.3) is 11.8 Å². The third kappa shape index (κ3) is 4.85. The number of thiazole rings is 1. The topological polar surface area (TPSA) is 88.2 Å². The molecule has 0 aliphatic carbocycles. The van der Waals surface area contributed by atoms with Gasteiger partial charge in [0.15, 0.2) is 10.9 Å². The Hall–Kier alpha value is -2.80. The quantitative estimate of drug-likeness (QED) is 0.645. The molecular formula is C17H17N3O3S. The molecule has 0 atom stereocenters. The molecule has 0 radical (unpaired) electrons. The number of Topliss-reactive ketones (excluding diaryl/α,β-unsaturated/α-hetero) is 1. The third-order valence-corrected chi connectivity index (χ3v) is 3.98. The Morgan fingerprint density at radius 3 is 2.29 bits per heavy atom. The van der Waals surface area contributed by atoms with Crippen LogP contribution in [0.15, 0.2) is 41.3 Å². The van der Waals surface area contributed by atoms with Gasteiger partial charge in [-0.05, 0) is 45.0 Å². The lowest BCUT2D eigenvalue weighted by molar-refractivity contribution is -0.114. The Morgan fingerprint density at radius 2 is 1.75 bits per heavy atom. The van der Waals surface area contributed by atoms with E-state index >= 15 is 0 Å². The molecule has 1 heterocycles. The smallest absolute Gasteiger partial charge is 0.251 e. The van der Waals surface area contributed by atoms with Gasteiger partial charge in [0.1, 0.15) is 0 Å². The van der Waals surface area contributed by atoms with Gasteiger partial charge in [-0.2, -0.15) is 0 Å². The molecule has 2 rings (SSSR count). The molecule has 0 aliphatic rings. The summed E-state index contributed by atoms with van der Waals surface area (Å²) in [6, 6.07) is 6.55. The molecule has 2 amide bonds. The highest BCUT2D eigenvalue weighted by molar-refractivity contribution is 7.13. The predicted molar refractivity (Wildman–Crippen MR) is 94.3 cm³/mol. The lowest BCUT2D eigenvalue weighted by Gasteiger charge is -2.06. The summed E-state index contributed by atoms with van der Waals surface area (Å²) in [5.41, 5.74) is 2.20. The summed E-state index contributed by atoms with van der Waals surface area (Å²) in [6.45, 7) is 4.85. The number of benzene rings is 1. The second-order valence-electron chi connectivity index (χ2n) is 5.20. The highest BCUT2D eigenvalue weighted by Gasteiger charge is 2.09. The van der Waals surface area contributed by atoms with Crippen LogP contribution in [0.5, 0.6) is 0 Å². The fraction of sp³-hybridized carbons (Fsp3) is 0.176. The van der Waals surface area contributed by atoms with Gasteiger partial charge < -0.3 is 5.32 Å². The van der Waals surface area contributed by atoms with Crippen LogP contribution in [-0.4, -0.2) is 22.6 Å². The first-order valence-corrected chi connectivity index (χ1v) is 8.07. The number of carbonyl (C=O) groups excluding carboxylic acids is 3. The molecule has 6 nitrogen and oxygen atoms in total. The van der Waals surface area contributed by atoms with E-state index in [1.807, 2.05) is 12.3 Å². The summed E-state index contributed by atoms with van der Waals surface area (Å²) in [7, 11) is 0. The minimum absolute atomic E-state index is 0.0435. The molecule has 0 bridgehead atoms. The van der Waals surface area contributed by atoms with Crippen molar-refractivity contribution in [2.45, 2.75) is 20.8 Å². The van der Waals surface area contributed by atoms with Gasteiger partial charge in [-0.1, -0.05) is 0 Å². The van der Waals surface area contributed by atoms with E-state index in [1.54, 1.807) is 31.2 Å². The number of aryl methyl sites for hydroxylation is 1. The van der Waals surface area contributed by atoms with Gasteiger partial charge in [0.05, 0.1) is 5.69 Å². The van der Waals surface area contributed by atoms with Gasteiger partial charge in [-0.3, -0.25) is 19.7 Å². The molecule has 2 N–H and O–H groups in total. The number of nitrogens with zero attached hydrogens (tertiary/aromatic N) is 1. The number of ketones is 1. The monoisotopic (exact) mass is 343 g/mol. The van der Waals surface area contributed by atoms with E-state index < -0.39 is 11.8 Å².